The van der Waals surface area contributed by atoms with Crippen LogP contribution >= 0.6 is 10.2 Å². The Hall–Kier alpha value is -1.84. The highest BCUT2D eigenvalue weighted by molar-refractivity contribution is 8.45. The van der Waals surface area contributed by atoms with E-state index >= 15 is 0 Å². The maximum absolute atomic E-state index is 12.7. The van der Waals surface area contributed by atoms with Crippen LogP contribution in [0.4, 0.5) is 30.8 Å². The fourth-order valence-electron chi connectivity index (χ4n) is 2.52. The molecule has 25 heavy (non-hydrogen) atoms. The van der Waals surface area contributed by atoms with Gasteiger partial charge in [0.2, 0.25) is 0 Å². The van der Waals surface area contributed by atoms with E-state index < -0.39 is 15.1 Å². The van der Waals surface area contributed by atoms with Crippen LogP contribution in [0.25, 0.3) is 0 Å². The fourth-order valence-corrected chi connectivity index (χ4v) is 3.17. The number of hydrogen-bond donors (Lipinski definition) is 2. The molecule has 1 atom stereocenters. The van der Waals surface area contributed by atoms with Gasteiger partial charge >= 0.3 is 10.2 Å². The Labute approximate surface area is 141 Å². The molecule has 0 bridgehead atoms. The summed E-state index contributed by atoms with van der Waals surface area (Å²) in [6.45, 7) is 2.15. The molecule has 9 heteroatoms. The molecule has 0 spiro atoms. The molecule has 0 aliphatic carbocycles. The zero-order valence-electron chi connectivity index (χ0n) is 13.0. The summed E-state index contributed by atoms with van der Waals surface area (Å²) in [5.74, 6) is 0. The zero-order chi connectivity index (χ0) is 18.2. The van der Waals surface area contributed by atoms with Crippen molar-refractivity contribution in [3.63, 3.8) is 0 Å². The minimum atomic E-state index is -9.63. The first-order valence-electron chi connectivity index (χ1n) is 7.55. The Morgan fingerprint density at radius 3 is 1.92 bits per heavy atom. The normalized spacial score (nSPS) is 21.2. The third kappa shape index (κ3) is 4.62. The van der Waals surface area contributed by atoms with E-state index in [4.69, 9.17) is 4.74 Å². The minimum Gasteiger partial charge on any atom is -0.371 e. The molecule has 1 heterocycles. The number of morpholine rings is 1. The number of halogens is 5. The molecule has 0 radical (unpaired) electrons. The van der Waals surface area contributed by atoms with E-state index in [-0.39, 0.29) is 11.8 Å². The summed E-state index contributed by atoms with van der Waals surface area (Å²) in [7, 11) is -9.63. The molecule has 0 saturated carbocycles. The van der Waals surface area contributed by atoms with Crippen LogP contribution in [0.3, 0.4) is 0 Å². The third-order valence-corrected chi connectivity index (χ3v) is 4.96. The van der Waals surface area contributed by atoms with Crippen molar-refractivity contribution in [2.24, 2.45) is 0 Å². The van der Waals surface area contributed by atoms with E-state index in [9.17, 15) is 19.4 Å². The van der Waals surface area contributed by atoms with Crippen LogP contribution in [0, 0.1) is 0 Å². The summed E-state index contributed by atoms with van der Waals surface area (Å²) in [4.78, 5) is -1.90. The third-order valence-electron chi connectivity index (χ3n) is 3.80. The Balaban J connectivity index is 1.70. The Morgan fingerprint density at radius 1 is 0.880 bits per heavy atom. The summed E-state index contributed by atoms with van der Waals surface area (Å²) in [5, 5.41) is 6.10. The van der Waals surface area contributed by atoms with Gasteiger partial charge in [0.05, 0.1) is 12.7 Å². The largest absolute Gasteiger partial charge is 0.371 e. The summed E-state index contributed by atoms with van der Waals surface area (Å²) in [6.07, 6.45) is -0.0421. The number of rotatable bonds is 4. The Kier molecular flexibility index (Phi) is 4.01. The summed E-state index contributed by atoms with van der Waals surface area (Å²) < 4.78 is 69.1. The number of benzene rings is 2. The zero-order valence-corrected chi connectivity index (χ0v) is 13.8. The molecule has 138 valence electrons. The molecule has 1 saturated heterocycles. The molecule has 3 nitrogen and oxygen atoms in total. The van der Waals surface area contributed by atoms with E-state index in [1.807, 2.05) is 12.1 Å². The first-order chi connectivity index (χ1) is 11.5. The summed E-state index contributed by atoms with van der Waals surface area (Å²) in [5.41, 5.74) is 1.90. The van der Waals surface area contributed by atoms with Crippen LogP contribution in [-0.4, -0.2) is 19.7 Å². The van der Waals surface area contributed by atoms with Gasteiger partial charge in [-0.25, -0.2) is 0 Å². The number of ether oxygens (including phenoxy) is 1. The molecule has 2 aromatic carbocycles. The van der Waals surface area contributed by atoms with E-state index in [2.05, 4.69) is 10.6 Å². The Bertz CT molecular complexity index is 741. The van der Waals surface area contributed by atoms with Crippen LogP contribution in [0.5, 0.6) is 0 Å². The lowest BCUT2D eigenvalue weighted by Crippen LogP contribution is -2.33. The molecule has 0 aromatic heterocycles. The second-order valence-electron chi connectivity index (χ2n) is 5.80. The van der Waals surface area contributed by atoms with Crippen molar-refractivity contribution in [2.45, 2.75) is 11.0 Å². The van der Waals surface area contributed by atoms with Crippen molar-refractivity contribution >= 4 is 21.6 Å². The van der Waals surface area contributed by atoms with Gasteiger partial charge < -0.3 is 15.4 Å². The Morgan fingerprint density at radius 2 is 1.44 bits per heavy atom. The lowest BCUT2D eigenvalue weighted by Gasteiger charge is -2.40. The van der Waals surface area contributed by atoms with E-state index in [1.54, 1.807) is 12.1 Å². The van der Waals surface area contributed by atoms with E-state index in [0.717, 1.165) is 24.2 Å². The van der Waals surface area contributed by atoms with Gasteiger partial charge in [-0.3, -0.25) is 0 Å². The highest BCUT2D eigenvalue weighted by Gasteiger charge is 2.65. The van der Waals surface area contributed by atoms with Crippen molar-refractivity contribution in [1.82, 2.24) is 5.32 Å². The standard InChI is InChI=1S/C16H17F5N2OS/c17-25(18,19,20,21)15-7-5-14(6-8-15)23-13-3-1-12(2-4-13)16-11-22-9-10-24-16/h1-8,16,22-23H,9-11H2/t16-/m0/s1. The van der Waals surface area contributed by atoms with Crippen molar-refractivity contribution in [3.8, 4) is 0 Å². The maximum Gasteiger partial charge on any atom is 0.310 e. The molecule has 1 aliphatic heterocycles. The number of anilines is 2. The molecule has 2 aromatic rings. The van der Waals surface area contributed by atoms with Gasteiger partial charge in [0.15, 0.2) is 0 Å². The van der Waals surface area contributed by atoms with Gasteiger partial charge in [0.25, 0.3) is 0 Å². The van der Waals surface area contributed by atoms with Gasteiger partial charge in [0, 0.05) is 24.5 Å². The van der Waals surface area contributed by atoms with E-state index in [1.165, 1.54) is 0 Å². The smallest absolute Gasteiger partial charge is 0.310 e. The minimum absolute atomic E-state index is 0.0421. The highest BCUT2D eigenvalue weighted by Crippen LogP contribution is 3.02. The van der Waals surface area contributed by atoms with Crippen molar-refractivity contribution in [1.29, 1.82) is 0 Å². The molecule has 2 N–H and O–H groups in total. The number of nitrogens with one attached hydrogen (secondary N) is 2. The van der Waals surface area contributed by atoms with Gasteiger partial charge in [-0.2, -0.15) is 0 Å². The van der Waals surface area contributed by atoms with Crippen molar-refractivity contribution in [3.05, 3.63) is 54.1 Å². The predicted molar refractivity (Wildman–Crippen MR) is 89.1 cm³/mol. The van der Waals surface area contributed by atoms with Gasteiger partial charge in [-0.05, 0) is 42.0 Å². The molecule has 1 aliphatic rings. The fraction of sp³-hybridized carbons (Fsp3) is 0.250. The van der Waals surface area contributed by atoms with Crippen LogP contribution in [0.15, 0.2) is 53.4 Å². The average molecular weight is 380 g/mol. The first kappa shape index (κ1) is 18.0. The lowest BCUT2D eigenvalue weighted by atomic mass is 10.1. The predicted octanol–water partition coefficient (Wildman–Crippen LogP) is 5.75. The topological polar surface area (TPSA) is 33.3 Å². The SMILES string of the molecule is FS(F)(F)(F)(F)c1ccc(Nc2ccc([C@@H]3CNCCO3)cc2)cc1. The van der Waals surface area contributed by atoms with Gasteiger partial charge in [0.1, 0.15) is 4.90 Å². The van der Waals surface area contributed by atoms with Crippen LogP contribution in [0.1, 0.15) is 11.7 Å². The van der Waals surface area contributed by atoms with Gasteiger partial charge in [-0.1, -0.05) is 31.6 Å². The van der Waals surface area contributed by atoms with Crippen LogP contribution in [0.2, 0.25) is 0 Å². The van der Waals surface area contributed by atoms with Crippen molar-refractivity contribution in [2.75, 3.05) is 25.0 Å². The first-order valence-corrected chi connectivity index (χ1v) is 9.50. The molecular formula is C16H17F5N2OS. The highest BCUT2D eigenvalue weighted by atomic mass is 32.5. The number of hydrogen-bond acceptors (Lipinski definition) is 3. The van der Waals surface area contributed by atoms with Crippen LogP contribution < -0.4 is 10.6 Å². The van der Waals surface area contributed by atoms with Crippen molar-refractivity contribution < 1.29 is 24.2 Å². The van der Waals surface area contributed by atoms with Crippen LogP contribution in [-0.2, 0) is 4.74 Å². The maximum atomic E-state index is 12.7. The average Bonchev–Trinajstić information content (AvgIpc) is 2.55. The quantitative estimate of drug-likeness (QED) is 0.663. The monoisotopic (exact) mass is 380 g/mol. The molecular weight excluding hydrogens is 363 g/mol. The lowest BCUT2D eigenvalue weighted by molar-refractivity contribution is 0.0277. The van der Waals surface area contributed by atoms with E-state index in [0.29, 0.717) is 31.0 Å². The molecule has 1 fully saturated rings. The van der Waals surface area contributed by atoms with Gasteiger partial charge in [-0.15, -0.1) is 0 Å². The molecule has 3 rings (SSSR count). The molecule has 0 amide bonds. The second-order valence-corrected chi connectivity index (χ2v) is 8.21. The summed E-state index contributed by atoms with van der Waals surface area (Å²) in [6, 6.07) is 9.95. The molecule has 0 unspecified atom stereocenters. The summed E-state index contributed by atoms with van der Waals surface area (Å²) >= 11 is 0. The second kappa shape index (κ2) is 5.58.